The van der Waals surface area contributed by atoms with E-state index >= 15 is 0 Å². The number of benzene rings is 1. The molecule has 0 atom stereocenters. The summed E-state index contributed by atoms with van der Waals surface area (Å²) in [4.78, 5) is 4.45. The van der Waals surface area contributed by atoms with Crippen molar-refractivity contribution in [1.29, 1.82) is 0 Å². The Morgan fingerprint density at radius 3 is 2.46 bits per heavy atom. The maximum atomic E-state index is 12.2. The predicted molar refractivity (Wildman–Crippen MR) is 107 cm³/mol. The molecule has 0 spiro atoms. The monoisotopic (exact) mass is 411 g/mol. The molecule has 0 amide bonds. The normalized spacial score (nSPS) is 11.2. The Morgan fingerprint density at radius 1 is 1.18 bits per heavy atom. The fourth-order valence-corrected chi connectivity index (χ4v) is 3.08. The Hall–Kier alpha value is -2.67. The Bertz CT molecular complexity index is 965. The van der Waals surface area contributed by atoms with Gasteiger partial charge in [0.05, 0.1) is 5.52 Å². The van der Waals surface area contributed by atoms with Crippen LogP contribution in [0.4, 0.5) is 19.0 Å². The van der Waals surface area contributed by atoms with Crippen LogP contribution >= 0.6 is 12.4 Å². The van der Waals surface area contributed by atoms with Crippen molar-refractivity contribution in [3.05, 3.63) is 66.0 Å². The number of nitrogens with zero attached hydrogens (tertiary/aromatic N) is 2. The summed E-state index contributed by atoms with van der Waals surface area (Å²) in [7, 11) is 0. The second kappa shape index (κ2) is 8.56. The van der Waals surface area contributed by atoms with Crippen molar-refractivity contribution < 1.29 is 17.9 Å². The molecule has 8 heteroatoms. The molecule has 28 heavy (non-hydrogen) atoms. The summed E-state index contributed by atoms with van der Waals surface area (Å²) in [5, 5.41) is 4.39. The topological polar surface area (TPSA) is 39.1 Å². The van der Waals surface area contributed by atoms with Gasteiger partial charge in [0.1, 0.15) is 5.75 Å². The van der Waals surface area contributed by atoms with Crippen molar-refractivity contribution in [3.63, 3.8) is 0 Å². The Kier molecular flexibility index (Phi) is 6.61. The lowest BCUT2D eigenvalue weighted by Gasteiger charge is -2.12. The highest BCUT2D eigenvalue weighted by Crippen LogP contribution is 2.30. The molecular weight excluding hydrogens is 391 g/mol. The molecule has 1 aromatic carbocycles. The number of fused-ring (bicyclic) bond motifs is 1. The lowest BCUT2D eigenvalue weighted by atomic mass is 10.2. The summed E-state index contributed by atoms with van der Waals surface area (Å²) >= 11 is 0. The van der Waals surface area contributed by atoms with Gasteiger partial charge < -0.3 is 14.6 Å². The highest BCUT2D eigenvalue weighted by Gasteiger charge is 2.30. The number of hydrogen-bond donors (Lipinski definition) is 1. The molecule has 4 nitrogen and oxygen atoms in total. The third-order valence-electron chi connectivity index (χ3n) is 4.47. The molecule has 0 fully saturated rings. The fraction of sp³-hybridized carbons (Fsp3) is 0.250. The molecule has 3 aromatic rings. The number of aromatic nitrogens is 2. The average molecular weight is 412 g/mol. The average Bonchev–Trinajstić information content (AvgIpc) is 2.86. The minimum Gasteiger partial charge on any atom is -0.406 e. The van der Waals surface area contributed by atoms with Crippen molar-refractivity contribution in [2.75, 3.05) is 5.32 Å². The Balaban J connectivity index is 0.00000280. The number of nitrogens with one attached hydrogen (secondary N) is 1. The molecule has 0 radical (unpaired) electrons. The van der Waals surface area contributed by atoms with Gasteiger partial charge in [0.15, 0.2) is 5.82 Å². The maximum absolute atomic E-state index is 12.2. The van der Waals surface area contributed by atoms with Crippen molar-refractivity contribution in [3.8, 4) is 5.75 Å². The molecule has 0 bridgehead atoms. The first-order valence-electron chi connectivity index (χ1n) is 8.44. The number of hydrogen-bond acceptors (Lipinski definition) is 3. The van der Waals surface area contributed by atoms with E-state index in [0.717, 1.165) is 28.0 Å². The molecule has 150 valence electrons. The first-order valence-corrected chi connectivity index (χ1v) is 8.44. The zero-order valence-electron chi connectivity index (χ0n) is 15.5. The first kappa shape index (κ1) is 21.6. The van der Waals surface area contributed by atoms with Crippen molar-refractivity contribution in [2.24, 2.45) is 0 Å². The SMILES string of the molecule is C=CCn1c(C)c(C)c2ccnc(NCc3ccc(OC(F)(F)F)cc3)c21.Cl. The lowest BCUT2D eigenvalue weighted by molar-refractivity contribution is -0.274. The summed E-state index contributed by atoms with van der Waals surface area (Å²) in [5.74, 6) is 0.485. The van der Waals surface area contributed by atoms with Gasteiger partial charge in [-0.3, -0.25) is 0 Å². The van der Waals surface area contributed by atoms with Crippen LogP contribution < -0.4 is 10.1 Å². The number of pyridine rings is 1. The summed E-state index contributed by atoms with van der Waals surface area (Å²) < 4.78 is 42.8. The van der Waals surface area contributed by atoms with E-state index in [-0.39, 0.29) is 18.2 Å². The van der Waals surface area contributed by atoms with Gasteiger partial charge >= 0.3 is 6.36 Å². The van der Waals surface area contributed by atoms with Gasteiger partial charge in [-0.05, 0) is 43.2 Å². The van der Waals surface area contributed by atoms with Crippen molar-refractivity contribution in [2.45, 2.75) is 33.3 Å². The van der Waals surface area contributed by atoms with Crippen LogP contribution in [0, 0.1) is 13.8 Å². The minimum atomic E-state index is -4.69. The van der Waals surface area contributed by atoms with Crippen LogP contribution in [0.2, 0.25) is 0 Å². The third-order valence-corrected chi connectivity index (χ3v) is 4.47. The Morgan fingerprint density at radius 2 is 1.86 bits per heavy atom. The van der Waals surface area contributed by atoms with Gasteiger partial charge in [0.2, 0.25) is 0 Å². The van der Waals surface area contributed by atoms with Crippen LogP contribution in [0.5, 0.6) is 5.75 Å². The largest absolute Gasteiger partial charge is 0.573 e. The molecule has 0 saturated carbocycles. The number of halogens is 4. The van der Waals surface area contributed by atoms with Crippen LogP contribution in [0.25, 0.3) is 10.9 Å². The number of allylic oxidation sites excluding steroid dienone is 1. The molecular formula is C20H21ClF3N3O. The smallest absolute Gasteiger partial charge is 0.406 e. The second-order valence-electron chi connectivity index (χ2n) is 6.21. The van der Waals surface area contributed by atoms with Crippen LogP contribution in [0.3, 0.4) is 0 Å². The summed E-state index contributed by atoms with van der Waals surface area (Å²) in [5.41, 5.74) is 4.14. The molecule has 2 heterocycles. The second-order valence-corrected chi connectivity index (χ2v) is 6.21. The van der Waals surface area contributed by atoms with Crippen LogP contribution in [-0.4, -0.2) is 15.9 Å². The highest BCUT2D eigenvalue weighted by atomic mass is 35.5. The molecule has 1 N–H and O–H groups in total. The van der Waals surface area contributed by atoms with E-state index in [2.05, 4.69) is 40.0 Å². The van der Waals surface area contributed by atoms with Gasteiger partial charge in [0, 0.05) is 30.4 Å². The standard InChI is InChI=1S/C20H20F3N3O.ClH/c1-4-11-26-14(3)13(2)17-9-10-24-19(18(17)26)25-12-15-5-7-16(8-6-15)27-20(21,22)23;/h4-10H,1,11-12H2,2-3H3,(H,24,25);1H. The quantitative estimate of drug-likeness (QED) is 0.523. The van der Waals surface area contributed by atoms with E-state index in [0.29, 0.717) is 13.1 Å². The number of anilines is 1. The van der Waals surface area contributed by atoms with Gasteiger partial charge in [0.25, 0.3) is 0 Å². The van der Waals surface area contributed by atoms with E-state index in [9.17, 15) is 13.2 Å². The summed E-state index contributed by atoms with van der Waals surface area (Å²) in [6.07, 6.45) is -1.11. The molecule has 0 aliphatic heterocycles. The highest BCUT2D eigenvalue weighted by molar-refractivity contribution is 5.93. The number of ether oxygens (including phenoxy) is 1. The minimum absolute atomic E-state index is 0. The molecule has 0 aliphatic rings. The maximum Gasteiger partial charge on any atom is 0.573 e. The van der Waals surface area contributed by atoms with Crippen molar-refractivity contribution in [1.82, 2.24) is 9.55 Å². The van der Waals surface area contributed by atoms with Crippen LogP contribution in [0.1, 0.15) is 16.8 Å². The summed E-state index contributed by atoms with van der Waals surface area (Å²) in [6.45, 7) is 9.04. The van der Waals surface area contributed by atoms with Gasteiger partial charge in [-0.2, -0.15) is 0 Å². The molecule has 0 saturated heterocycles. The molecule has 0 unspecified atom stereocenters. The van der Waals surface area contributed by atoms with Crippen LogP contribution in [-0.2, 0) is 13.1 Å². The van der Waals surface area contributed by atoms with E-state index in [1.165, 1.54) is 17.7 Å². The Labute approximate surface area is 167 Å². The van der Waals surface area contributed by atoms with Crippen LogP contribution in [0.15, 0.2) is 49.2 Å². The predicted octanol–water partition coefficient (Wildman–Crippen LogP) is 5.77. The van der Waals surface area contributed by atoms with E-state index in [1.807, 2.05) is 12.1 Å². The number of alkyl halides is 3. The number of aryl methyl sites for hydroxylation is 1. The van der Waals surface area contributed by atoms with E-state index < -0.39 is 6.36 Å². The number of rotatable bonds is 6. The van der Waals surface area contributed by atoms with E-state index in [4.69, 9.17) is 0 Å². The third kappa shape index (κ3) is 4.59. The first-order chi connectivity index (χ1) is 12.8. The van der Waals surface area contributed by atoms with Gasteiger partial charge in [-0.1, -0.05) is 18.2 Å². The zero-order valence-corrected chi connectivity index (χ0v) is 16.3. The lowest BCUT2D eigenvalue weighted by Crippen LogP contribution is -2.17. The zero-order chi connectivity index (χ0) is 19.6. The van der Waals surface area contributed by atoms with Gasteiger partial charge in [-0.25, -0.2) is 4.98 Å². The summed E-state index contributed by atoms with van der Waals surface area (Å²) in [6, 6.07) is 7.76. The molecule has 2 aromatic heterocycles. The molecule has 3 rings (SSSR count). The fourth-order valence-electron chi connectivity index (χ4n) is 3.08. The van der Waals surface area contributed by atoms with Crippen molar-refractivity contribution >= 4 is 29.1 Å². The molecule has 0 aliphatic carbocycles. The van der Waals surface area contributed by atoms with E-state index in [1.54, 1.807) is 18.3 Å². The van der Waals surface area contributed by atoms with Gasteiger partial charge in [-0.15, -0.1) is 32.2 Å².